The van der Waals surface area contributed by atoms with Gasteiger partial charge in [0.2, 0.25) is 5.95 Å². The number of nitrogens with one attached hydrogen (secondary N) is 3. The molecule has 8 nitrogen and oxygen atoms in total. The first kappa shape index (κ1) is 20.2. The van der Waals surface area contributed by atoms with E-state index in [9.17, 15) is 22.4 Å². The fourth-order valence-corrected chi connectivity index (χ4v) is 2.71. The molecule has 2 heterocycles. The molecule has 4 aromatic rings. The molecule has 4 rings (SSSR count). The third-order valence-electron chi connectivity index (χ3n) is 4.07. The molecule has 0 unspecified atom stereocenters. The summed E-state index contributed by atoms with van der Waals surface area (Å²) < 4.78 is 59.5. The Bertz CT molecular complexity index is 1320. The van der Waals surface area contributed by atoms with Gasteiger partial charge in [0, 0.05) is 29.2 Å². The SMILES string of the molecule is Cc1cnc(Nc2ccc(F)c(OC(F)(F)F)c2)nc1Nc1ccc2oc(=O)[nH]c2c1. The van der Waals surface area contributed by atoms with E-state index in [2.05, 4.69) is 30.3 Å². The first-order valence-electron chi connectivity index (χ1n) is 8.72. The second kappa shape index (κ2) is 7.63. The van der Waals surface area contributed by atoms with Crippen molar-refractivity contribution < 1.29 is 26.7 Å². The lowest BCUT2D eigenvalue weighted by Crippen LogP contribution is -2.18. The van der Waals surface area contributed by atoms with Gasteiger partial charge in [-0.3, -0.25) is 4.98 Å². The van der Waals surface area contributed by atoms with Crippen LogP contribution in [-0.4, -0.2) is 21.3 Å². The molecule has 160 valence electrons. The molecule has 0 aliphatic carbocycles. The molecule has 3 N–H and O–H groups in total. The van der Waals surface area contributed by atoms with Crippen LogP contribution in [0.25, 0.3) is 11.1 Å². The predicted octanol–water partition coefficient (Wildman–Crippen LogP) is 4.74. The summed E-state index contributed by atoms with van der Waals surface area (Å²) in [6.07, 6.45) is -3.54. The van der Waals surface area contributed by atoms with Crippen LogP contribution in [0.1, 0.15) is 5.56 Å². The van der Waals surface area contributed by atoms with Crippen molar-refractivity contribution in [2.24, 2.45) is 0 Å². The summed E-state index contributed by atoms with van der Waals surface area (Å²) in [6, 6.07) is 7.83. The molecule has 0 aliphatic heterocycles. The highest BCUT2D eigenvalue weighted by Gasteiger charge is 2.32. The number of hydrogen-bond acceptors (Lipinski definition) is 7. The van der Waals surface area contributed by atoms with Gasteiger partial charge in [-0.05, 0) is 37.3 Å². The maximum atomic E-state index is 13.6. The van der Waals surface area contributed by atoms with Crippen molar-refractivity contribution in [3.05, 3.63) is 64.5 Å². The molecule has 0 spiro atoms. The third-order valence-corrected chi connectivity index (χ3v) is 4.07. The minimum Gasteiger partial charge on any atom is -0.408 e. The van der Waals surface area contributed by atoms with Crippen LogP contribution in [-0.2, 0) is 0 Å². The maximum Gasteiger partial charge on any atom is 0.573 e. The molecule has 0 radical (unpaired) electrons. The summed E-state index contributed by atoms with van der Waals surface area (Å²) in [5, 5.41) is 5.77. The number of rotatable bonds is 5. The van der Waals surface area contributed by atoms with Gasteiger partial charge in [0.05, 0.1) is 5.52 Å². The summed E-state index contributed by atoms with van der Waals surface area (Å²) in [4.78, 5) is 22.2. The van der Waals surface area contributed by atoms with Crippen LogP contribution in [0.5, 0.6) is 5.75 Å². The first-order valence-corrected chi connectivity index (χ1v) is 8.72. The Labute approximate surface area is 170 Å². The molecule has 2 aromatic carbocycles. The lowest BCUT2D eigenvalue weighted by Gasteiger charge is -2.13. The zero-order valence-electron chi connectivity index (χ0n) is 15.7. The Morgan fingerprint density at radius 2 is 1.84 bits per heavy atom. The van der Waals surface area contributed by atoms with Crippen LogP contribution in [0.4, 0.5) is 40.7 Å². The summed E-state index contributed by atoms with van der Waals surface area (Å²) in [7, 11) is 0. The Morgan fingerprint density at radius 3 is 2.61 bits per heavy atom. The maximum absolute atomic E-state index is 13.6. The van der Waals surface area contributed by atoms with E-state index in [-0.39, 0.29) is 11.6 Å². The molecule has 0 saturated carbocycles. The number of oxazole rings is 1. The number of aromatic amines is 1. The van der Waals surface area contributed by atoms with Crippen molar-refractivity contribution in [2.75, 3.05) is 10.6 Å². The van der Waals surface area contributed by atoms with Gasteiger partial charge in [-0.1, -0.05) is 0 Å². The van der Waals surface area contributed by atoms with E-state index < -0.39 is 23.7 Å². The van der Waals surface area contributed by atoms with Crippen molar-refractivity contribution >= 4 is 34.2 Å². The molecule has 0 bridgehead atoms. The zero-order valence-corrected chi connectivity index (χ0v) is 15.7. The molecular weight excluding hydrogens is 422 g/mol. The van der Waals surface area contributed by atoms with Gasteiger partial charge in [-0.15, -0.1) is 13.2 Å². The molecule has 0 saturated heterocycles. The van der Waals surface area contributed by atoms with Gasteiger partial charge < -0.3 is 19.8 Å². The zero-order chi connectivity index (χ0) is 22.2. The number of nitrogens with zero attached hydrogens (tertiary/aromatic N) is 2. The average molecular weight is 435 g/mol. The number of fused-ring (bicyclic) bond motifs is 1. The Hall–Kier alpha value is -4.09. The highest BCUT2D eigenvalue weighted by Crippen LogP contribution is 2.29. The molecule has 31 heavy (non-hydrogen) atoms. The number of hydrogen-bond donors (Lipinski definition) is 3. The van der Waals surface area contributed by atoms with Crippen LogP contribution >= 0.6 is 0 Å². The monoisotopic (exact) mass is 435 g/mol. The van der Waals surface area contributed by atoms with E-state index in [1.54, 1.807) is 25.1 Å². The summed E-state index contributed by atoms with van der Waals surface area (Å²) in [5.41, 5.74) is 2.24. The lowest BCUT2D eigenvalue weighted by molar-refractivity contribution is -0.275. The third kappa shape index (κ3) is 4.74. The van der Waals surface area contributed by atoms with Crippen LogP contribution in [0.3, 0.4) is 0 Å². The fourth-order valence-electron chi connectivity index (χ4n) is 2.71. The largest absolute Gasteiger partial charge is 0.573 e. The topological polar surface area (TPSA) is 105 Å². The number of alkyl halides is 3. The minimum absolute atomic E-state index is 0.0514. The Balaban J connectivity index is 1.57. The summed E-state index contributed by atoms with van der Waals surface area (Å²) >= 11 is 0. The van der Waals surface area contributed by atoms with Gasteiger partial charge in [-0.2, -0.15) is 4.98 Å². The van der Waals surface area contributed by atoms with Crippen molar-refractivity contribution in [1.82, 2.24) is 15.0 Å². The molecule has 12 heteroatoms. The van der Waals surface area contributed by atoms with Crippen molar-refractivity contribution in [3.63, 3.8) is 0 Å². The Morgan fingerprint density at radius 1 is 1.10 bits per heavy atom. The van der Waals surface area contributed by atoms with E-state index in [1.165, 1.54) is 12.3 Å². The summed E-state index contributed by atoms with van der Waals surface area (Å²) in [5.74, 6) is -2.27. The number of H-pyrrole nitrogens is 1. The van der Waals surface area contributed by atoms with Gasteiger partial charge in [0.25, 0.3) is 0 Å². The number of anilines is 4. The predicted molar refractivity (Wildman–Crippen MR) is 103 cm³/mol. The van der Waals surface area contributed by atoms with Crippen molar-refractivity contribution in [2.45, 2.75) is 13.3 Å². The van der Waals surface area contributed by atoms with Gasteiger partial charge in [0.15, 0.2) is 17.1 Å². The molecular formula is C19H13F4N5O3. The van der Waals surface area contributed by atoms with E-state index >= 15 is 0 Å². The number of aryl methyl sites for hydroxylation is 1. The van der Waals surface area contributed by atoms with Gasteiger partial charge in [-0.25, -0.2) is 14.2 Å². The summed E-state index contributed by atoms with van der Waals surface area (Å²) in [6.45, 7) is 1.75. The highest BCUT2D eigenvalue weighted by molar-refractivity contribution is 5.78. The minimum atomic E-state index is -5.03. The van der Waals surface area contributed by atoms with Crippen LogP contribution < -0.4 is 21.1 Å². The quantitative estimate of drug-likeness (QED) is 0.389. The number of aromatic nitrogens is 3. The average Bonchev–Trinajstić information content (AvgIpc) is 3.05. The smallest absolute Gasteiger partial charge is 0.408 e. The van der Waals surface area contributed by atoms with Crippen molar-refractivity contribution in [1.29, 1.82) is 0 Å². The van der Waals surface area contributed by atoms with E-state index in [1.807, 2.05) is 0 Å². The molecule has 0 atom stereocenters. The fraction of sp³-hybridized carbons (Fsp3) is 0.105. The van der Waals surface area contributed by atoms with E-state index in [0.717, 1.165) is 12.1 Å². The highest BCUT2D eigenvalue weighted by atomic mass is 19.4. The van der Waals surface area contributed by atoms with E-state index in [4.69, 9.17) is 4.42 Å². The molecule has 2 aromatic heterocycles. The molecule has 0 amide bonds. The second-order valence-electron chi connectivity index (χ2n) is 6.39. The van der Waals surface area contributed by atoms with Crippen LogP contribution in [0.2, 0.25) is 0 Å². The van der Waals surface area contributed by atoms with Crippen LogP contribution in [0, 0.1) is 12.7 Å². The normalized spacial score (nSPS) is 11.5. The number of ether oxygens (including phenoxy) is 1. The molecule has 0 aliphatic rings. The van der Waals surface area contributed by atoms with Gasteiger partial charge in [0.1, 0.15) is 5.82 Å². The number of halogens is 4. The number of benzene rings is 2. The lowest BCUT2D eigenvalue weighted by atomic mass is 10.2. The second-order valence-corrected chi connectivity index (χ2v) is 6.39. The first-order chi connectivity index (χ1) is 14.7. The Kier molecular flexibility index (Phi) is 4.97. The van der Waals surface area contributed by atoms with Gasteiger partial charge >= 0.3 is 12.1 Å². The standard InChI is InChI=1S/C19H13F4N5O3/c1-9-8-24-17(26-11-2-4-12(20)15(7-11)31-19(21,22)23)28-16(9)25-10-3-5-14-13(6-10)27-18(29)30-14/h2-8H,1H3,(H,27,29)(H2,24,25,26,28). The van der Waals surface area contributed by atoms with E-state index in [0.29, 0.717) is 28.2 Å². The van der Waals surface area contributed by atoms with Crippen LogP contribution in [0.15, 0.2) is 51.8 Å². The molecule has 0 fully saturated rings. The van der Waals surface area contributed by atoms with Crippen molar-refractivity contribution in [3.8, 4) is 5.75 Å².